The van der Waals surface area contributed by atoms with Gasteiger partial charge in [0.25, 0.3) is 0 Å². The average molecular weight is 345 g/mol. The number of esters is 1. The summed E-state index contributed by atoms with van der Waals surface area (Å²) in [6.45, 7) is 2.65. The number of hydrogen-bond donors (Lipinski definition) is 0. The minimum Gasteiger partial charge on any atom is -0.492 e. The van der Waals surface area contributed by atoms with Crippen LogP contribution in [0.3, 0.4) is 0 Å². The van der Waals surface area contributed by atoms with Crippen LogP contribution >= 0.6 is 0 Å². The second-order valence-electron chi connectivity index (χ2n) is 6.57. The molecule has 1 atom stereocenters. The number of benzene rings is 1. The van der Waals surface area contributed by atoms with E-state index in [1.54, 1.807) is 12.1 Å². The summed E-state index contributed by atoms with van der Waals surface area (Å²) >= 11 is 0. The number of methoxy groups -OCH3 is 1. The molecule has 0 radical (unpaired) electrons. The molecular formula is C19H27N3O3. The van der Waals surface area contributed by atoms with E-state index in [1.165, 1.54) is 39.2 Å². The van der Waals surface area contributed by atoms with Crippen LogP contribution in [0.25, 0.3) is 10.4 Å². The van der Waals surface area contributed by atoms with Crippen molar-refractivity contribution in [2.75, 3.05) is 13.7 Å². The number of nitrogens with zero attached hydrogens (tertiary/aromatic N) is 3. The highest BCUT2D eigenvalue weighted by Gasteiger charge is 2.19. The fourth-order valence-corrected chi connectivity index (χ4v) is 3.34. The number of carbonyl (C=O) groups is 1. The van der Waals surface area contributed by atoms with Crippen molar-refractivity contribution < 1.29 is 14.3 Å². The van der Waals surface area contributed by atoms with Crippen molar-refractivity contribution >= 4 is 5.97 Å². The van der Waals surface area contributed by atoms with Gasteiger partial charge in [0.1, 0.15) is 11.3 Å². The number of hydrogen-bond acceptors (Lipinski definition) is 4. The largest absolute Gasteiger partial charge is 0.492 e. The first-order valence-corrected chi connectivity index (χ1v) is 9.08. The average Bonchev–Trinajstić information content (AvgIpc) is 2.66. The molecule has 1 aliphatic rings. The summed E-state index contributed by atoms with van der Waals surface area (Å²) in [6, 6.07) is 5.11. The van der Waals surface area contributed by atoms with Gasteiger partial charge in [0.2, 0.25) is 0 Å². The number of ether oxygens (including phenoxy) is 2. The third kappa shape index (κ3) is 5.40. The molecule has 2 rings (SSSR count). The molecule has 0 amide bonds. The van der Waals surface area contributed by atoms with Gasteiger partial charge in [0.05, 0.1) is 19.8 Å². The van der Waals surface area contributed by atoms with E-state index in [0.29, 0.717) is 23.8 Å². The molecule has 0 aliphatic heterocycles. The first kappa shape index (κ1) is 19.1. The highest BCUT2D eigenvalue weighted by Crippen LogP contribution is 2.30. The number of azide groups is 1. The van der Waals surface area contributed by atoms with Crippen LogP contribution in [0.1, 0.15) is 73.8 Å². The summed E-state index contributed by atoms with van der Waals surface area (Å²) in [5.41, 5.74) is 9.98. The first-order valence-electron chi connectivity index (χ1n) is 9.08. The van der Waals surface area contributed by atoms with Crippen LogP contribution < -0.4 is 4.74 Å². The van der Waals surface area contributed by atoms with E-state index in [2.05, 4.69) is 10.0 Å². The van der Waals surface area contributed by atoms with Gasteiger partial charge in [-0.3, -0.25) is 0 Å². The highest BCUT2D eigenvalue weighted by molar-refractivity contribution is 5.92. The van der Waals surface area contributed by atoms with Gasteiger partial charge in [-0.1, -0.05) is 43.8 Å². The lowest BCUT2D eigenvalue weighted by Crippen LogP contribution is -2.17. The smallest absolute Gasteiger partial charge is 0.341 e. The Kier molecular flexibility index (Phi) is 7.61. The molecule has 0 bridgehead atoms. The minimum absolute atomic E-state index is 0.286. The van der Waals surface area contributed by atoms with Gasteiger partial charge in [0, 0.05) is 4.91 Å². The molecule has 1 saturated carbocycles. The van der Waals surface area contributed by atoms with E-state index in [1.807, 2.05) is 13.0 Å². The van der Waals surface area contributed by atoms with Crippen LogP contribution in [-0.4, -0.2) is 19.7 Å². The summed E-state index contributed by atoms with van der Waals surface area (Å²) in [4.78, 5) is 15.1. The van der Waals surface area contributed by atoms with Crippen molar-refractivity contribution in [2.45, 2.75) is 57.9 Å². The fraction of sp³-hybridized carbons (Fsp3) is 0.632. The van der Waals surface area contributed by atoms with Crippen LogP contribution in [-0.2, 0) is 4.74 Å². The Morgan fingerprint density at radius 2 is 2.12 bits per heavy atom. The predicted molar refractivity (Wildman–Crippen MR) is 96.6 cm³/mol. The second-order valence-corrected chi connectivity index (χ2v) is 6.57. The van der Waals surface area contributed by atoms with Crippen LogP contribution in [0.2, 0.25) is 0 Å². The zero-order valence-corrected chi connectivity index (χ0v) is 15.1. The normalized spacial score (nSPS) is 15.9. The molecule has 1 unspecified atom stereocenters. The molecule has 0 heterocycles. The van der Waals surface area contributed by atoms with Gasteiger partial charge in [-0.25, -0.2) is 4.79 Å². The maximum Gasteiger partial charge on any atom is 0.341 e. The molecule has 25 heavy (non-hydrogen) atoms. The number of carbonyl (C=O) groups excluding carboxylic acids is 1. The van der Waals surface area contributed by atoms with Crippen molar-refractivity contribution in [1.29, 1.82) is 0 Å². The van der Waals surface area contributed by atoms with Gasteiger partial charge in [-0.15, -0.1) is 0 Å². The molecule has 0 saturated heterocycles. The second kappa shape index (κ2) is 9.94. The standard InChI is InChI=1S/C19H27N3O3/c1-3-7-17(21-22-20)15-10-11-18(16(12-15)19(23)24-2)25-13-14-8-5-4-6-9-14/h10-12,14,17H,3-9,13H2,1-2H3. The van der Waals surface area contributed by atoms with E-state index in [9.17, 15) is 4.79 Å². The van der Waals surface area contributed by atoms with Crippen LogP contribution in [0.5, 0.6) is 5.75 Å². The summed E-state index contributed by atoms with van der Waals surface area (Å²) in [6.07, 6.45) is 7.78. The SMILES string of the molecule is CCCC(N=[N+]=[N-])c1ccc(OCC2CCCCC2)c(C(=O)OC)c1. The molecule has 136 valence electrons. The van der Waals surface area contributed by atoms with Gasteiger partial charge in [0.15, 0.2) is 0 Å². The zero-order valence-electron chi connectivity index (χ0n) is 15.1. The molecule has 0 aromatic heterocycles. The monoisotopic (exact) mass is 345 g/mol. The molecule has 6 nitrogen and oxygen atoms in total. The van der Waals surface area contributed by atoms with Gasteiger partial charge >= 0.3 is 5.97 Å². The van der Waals surface area contributed by atoms with Crippen molar-refractivity contribution in [1.82, 2.24) is 0 Å². The van der Waals surface area contributed by atoms with Crippen molar-refractivity contribution in [3.05, 3.63) is 39.8 Å². The van der Waals surface area contributed by atoms with E-state index >= 15 is 0 Å². The third-order valence-corrected chi connectivity index (χ3v) is 4.75. The van der Waals surface area contributed by atoms with E-state index in [-0.39, 0.29) is 6.04 Å². The molecule has 0 spiro atoms. The van der Waals surface area contributed by atoms with Crippen LogP contribution in [0, 0.1) is 5.92 Å². The maximum atomic E-state index is 12.2. The summed E-state index contributed by atoms with van der Waals surface area (Å²) < 4.78 is 10.9. The number of rotatable bonds is 8. The molecular weight excluding hydrogens is 318 g/mol. The molecule has 1 aliphatic carbocycles. The lowest BCUT2D eigenvalue weighted by molar-refractivity contribution is 0.0594. The molecule has 1 aromatic rings. The Balaban J connectivity index is 2.20. The topological polar surface area (TPSA) is 84.3 Å². The van der Waals surface area contributed by atoms with Gasteiger partial charge in [-0.05, 0) is 48.4 Å². The van der Waals surface area contributed by atoms with E-state index in [0.717, 1.165) is 18.4 Å². The summed E-state index contributed by atoms with van der Waals surface area (Å²) in [5, 5.41) is 3.85. The maximum absolute atomic E-state index is 12.2. The molecule has 1 fully saturated rings. The van der Waals surface area contributed by atoms with Gasteiger partial charge in [-0.2, -0.15) is 0 Å². The Morgan fingerprint density at radius 1 is 1.36 bits per heavy atom. The zero-order chi connectivity index (χ0) is 18.1. The van der Waals surface area contributed by atoms with Crippen LogP contribution in [0.15, 0.2) is 23.3 Å². The molecule has 0 N–H and O–H groups in total. The third-order valence-electron chi connectivity index (χ3n) is 4.75. The Bertz CT molecular complexity index is 620. The Morgan fingerprint density at radius 3 is 2.76 bits per heavy atom. The van der Waals surface area contributed by atoms with E-state index in [4.69, 9.17) is 15.0 Å². The van der Waals surface area contributed by atoms with Crippen LogP contribution in [0.4, 0.5) is 0 Å². The Labute approximate surface area is 149 Å². The molecule has 6 heteroatoms. The summed E-state index contributed by atoms with van der Waals surface area (Å²) in [5.74, 6) is 0.656. The van der Waals surface area contributed by atoms with E-state index < -0.39 is 5.97 Å². The predicted octanol–water partition coefficient (Wildman–Crippen LogP) is 5.58. The highest BCUT2D eigenvalue weighted by atomic mass is 16.5. The lowest BCUT2D eigenvalue weighted by atomic mass is 9.90. The van der Waals surface area contributed by atoms with Crippen molar-refractivity contribution in [3.8, 4) is 5.75 Å². The van der Waals surface area contributed by atoms with Gasteiger partial charge < -0.3 is 9.47 Å². The lowest BCUT2D eigenvalue weighted by Gasteiger charge is -2.22. The van der Waals surface area contributed by atoms with Crippen molar-refractivity contribution in [3.63, 3.8) is 0 Å². The summed E-state index contributed by atoms with van der Waals surface area (Å²) in [7, 11) is 1.36. The van der Waals surface area contributed by atoms with Crippen molar-refractivity contribution in [2.24, 2.45) is 11.0 Å². The molecule has 1 aromatic carbocycles. The first-order chi connectivity index (χ1) is 12.2. The minimum atomic E-state index is -0.434. The Hall–Kier alpha value is -2.20. The fourth-order valence-electron chi connectivity index (χ4n) is 3.34. The quantitative estimate of drug-likeness (QED) is 0.267.